The number of nitrogens with two attached hydrogens (primary N) is 1. The number of hydrogen-bond acceptors (Lipinski definition) is 5. The summed E-state index contributed by atoms with van der Waals surface area (Å²) in [6.45, 7) is 0.162. The van der Waals surface area contributed by atoms with Crippen LogP contribution in [0, 0.1) is 12.7 Å². The first-order valence-electron chi connectivity index (χ1n) is 5.11. The number of anilines is 1. The van der Waals surface area contributed by atoms with Crippen molar-refractivity contribution in [1.82, 2.24) is 4.72 Å². The van der Waals surface area contributed by atoms with Crippen LogP contribution in [0.1, 0.15) is 5.56 Å². The predicted octanol–water partition coefficient (Wildman–Crippen LogP) is -0.652. The van der Waals surface area contributed by atoms with Crippen molar-refractivity contribution in [2.75, 3.05) is 18.9 Å². The van der Waals surface area contributed by atoms with Gasteiger partial charge in [-0.1, -0.05) is 0 Å². The minimum absolute atomic E-state index is 0.0250. The average Bonchev–Trinajstić information content (AvgIpc) is 2.30. The average molecular weight is 278 g/mol. The summed E-state index contributed by atoms with van der Waals surface area (Å²) in [4.78, 5) is -0.313. The second-order valence-corrected chi connectivity index (χ2v) is 5.49. The van der Waals surface area contributed by atoms with E-state index in [-0.39, 0.29) is 16.1 Å². The van der Waals surface area contributed by atoms with Gasteiger partial charge in [-0.3, -0.25) is 0 Å². The molecule has 0 saturated heterocycles. The van der Waals surface area contributed by atoms with E-state index in [9.17, 15) is 12.8 Å². The van der Waals surface area contributed by atoms with Crippen molar-refractivity contribution in [3.63, 3.8) is 0 Å². The Labute approximate surface area is 104 Å². The van der Waals surface area contributed by atoms with Crippen LogP contribution in [0.2, 0.25) is 0 Å². The zero-order valence-electron chi connectivity index (χ0n) is 9.72. The molecule has 1 aromatic rings. The van der Waals surface area contributed by atoms with E-state index >= 15 is 0 Å². The smallest absolute Gasteiger partial charge is 0.241 e. The maximum Gasteiger partial charge on any atom is 0.241 e. The van der Waals surface area contributed by atoms with Gasteiger partial charge in [0.15, 0.2) is 0 Å². The Bertz CT molecular complexity index is 529. The number of aliphatic hydroxyl groups excluding tert-OH is 2. The van der Waals surface area contributed by atoms with Gasteiger partial charge in [-0.2, -0.15) is 0 Å². The molecule has 102 valence electrons. The van der Waals surface area contributed by atoms with E-state index in [0.717, 1.165) is 12.1 Å². The molecule has 0 aliphatic rings. The van der Waals surface area contributed by atoms with E-state index in [4.69, 9.17) is 15.9 Å². The Morgan fingerprint density at radius 3 is 2.44 bits per heavy atom. The third-order valence-electron chi connectivity index (χ3n) is 2.37. The van der Waals surface area contributed by atoms with E-state index < -0.39 is 35.1 Å². The van der Waals surface area contributed by atoms with E-state index in [1.165, 1.54) is 6.92 Å². The van der Waals surface area contributed by atoms with Gasteiger partial charge in [0.1, 0.15) is 5.82 Å². The Morgan fingerprint density at radius 2 is 1.94 bits per heavy atom. The molecule has 0 saturated carbocycles. The number of benzene rings is 1. The summed E-state index contributed by atoms with van der Waals surface area (Å²) in [5, 5.41) is 17.7. The highest BCUT2D eigenvalue weighted by molar-refractivity contribution is 7.89. The lowest BCUT2D eigenvalue weighted by Gasteiger charge is -2.15. The number of nitrogen functional groups attached to an aromatic ring is 1. The third-order valence-corrected chi connectivity index (χ3v) is 4.02. The molecule has 0 spiro atoms. The van der Waals surface area contributed by atoms with Gasteiger partial charge in [-0.25, -0.2) is 17.5 Å². The maximum absolute atomic E-state index is 13.4. The van der Waals surface area contributed by atoms with Gasteiger partial charge >= 0.3 is 0 Å². The van der Waals surface area contributed by atoms with Gasteiger partial charge in [0, 0.05) is 11.3 Å². The molecule has 0 aliphatic heterocycles. The van der Waals surface area contributed by atoms with Gasteiger partial charge in [0.2, 0.25) is 10.0 Å². The normalized spacial score (nSPS) is 12.1. The number of aliphatic hydroxyl groups is 2. The molecular formula is C10H15FN2O4S. The van der Waals surface area contributed by atoms with Crippen LogP contribution in [0.3, 0.4) is 0 Å². The monoisotopic (exact) mass is 278 g/mol. The number of rotatable bonds is 5. The van der Waals surface area contributed by atoms with E-state index in [1.54, 1.807) is 0 Å². The van der Waals surface area contributed by atoms with Crippen LogP contribution in [0.25, 0.3) is 0 Å². The highest BCUT2D eigenvalue weighted by atomic mass is 32.2. The second-order valence-electron chi connectivity index (χ2n) is 3.81. The number of hydrogen-bond donors (Lipinski definition) is 4. The van der Waals surface area contributed by atoms with Gasteiger partial charge < -0.3 is 15.9 Å². The molecule has 0 aromatic heterocycles. The molecule has 1 rings (SSSR count). The highest BCUT2D eigenvalue weighted by Crippen LogP contribution is 2.21. The molecule has 0 aliphatic carbocycles. The van der Waals surface area contributed by atoms with Crippen molar-refractivity contribution in [1.29, 1.82) is 0 Å². The first-order valence-corrected chi connectivity index (χ1v) is 6.59. The van der Waals surface area contributed by atoms with E-state index in [0.29, 0.717) is 0 Å². The molecular weight excluding hydrogens is 263 g/mol. The summed E-state index contributed by atoms with van der Waals surface area (Å²) in [6.07, 6.45) is 0. The molecule has 0 atom stereocenters. The van der Waals surface area contributed by atoms with Gasteiger partial charge in [-0.05, 0) is 19.1 Å². The zero-order chi connectivity index (χ0) is 13.9. The summed E-state index contributed by atoms with van der Waals surface area (Å²) in [6, 6.07) is 1.09. The van der Waals surface area contributed by atoms with Crippen LogP contribution >= 0.6 is 0 Å². The molecule has 0 heterocycles. The fourth-order valence-electron chi connectivity index (χ4n) is 1.37. The third kappa shape index (κ3) is 3.16. The quantitative estimate of drug-likeness (QED) is 0.535. The fourth-order valence-corrected chi connectivity index (χ4v) is 2.87. The molecule has 6 nitrogen and oxygen atoms in total. The van der Waals surface area contributed by atoms with Crippen molar-refractivity contribution in [2.45, 2.75) is 17.9 Å². The maximum atomic E-state index is 13.4. The second kappa shape index (κ2) is 5.61. The van der Waals surface area contributed by atoms with Crippen molar-refractivity contribution in [3.8, 4) is 0 Å². The Morgan fingerprint density at radius 1 is 1.39 bits per heavy atom. The minimum Gasteiger partial charge on any atom is -0.399 e. The van der Waals surface area contributed by atoms with E-state index in [2.05, 4.69) is 4.72 Å². The van der Waals surface area contributed by atoms with Crippen LogP contribution < -0.4 is 10.5 Å². The lowest BCUT2D eigenvalue weighted by molar-refractivity contribution is 0.185. The molecule has 1 aromatic carbocycles. The Balaban J connectivity index is 3.20. The van der Waals surface area contributed by atoms with Gasteiger partial charge in [-0.15, -0.1) is 0 Å². The summed E-state index contributed by atoms with van der Waals surface area (Å²) in [5.74, 6) is -0.736. The topological polar surface area (TPSA) is 113 Å². The number of nitrogens with one attached hydrogen (secondary N) is 1. The Kier molecular flexibility index (Phi) is 4.63. The molecule has 0 unspecified atom stereocenters. The fraction of sp³-hybridized carbons (Fsp3) is 0.400. The van der Waals surface area contributed by atoms with Crippen LogP contribution in [0.4, 0.5) is 10.1 Å². The molecule has 0 bridgehead atoms. The van der Waals surface area contributed by atoms with Crippen LogP contribution in [0.5, 0.6) is 0 Å². The Hall–Kier alpha value is -1.22. The largest absolute Gasteiger partial charge is 0.399 e. The zero-order valence-corrected chi connectivity index (χ0v) is 10.5. The summed E-state index contributed by atoms with van der Waals surface area (Å²) < 4.78 is 39.3. The van der Waals surface area contributed by atoms with E-state index in [1.807, 2.05) is 0 Å². The highest BCUT2D eigenvalue weighted by Gasteiger charge is 2.23. The first kappa shape index (κ1) is 14.8. The number of sulfonamides is 1. The lowest BCUT2D eigenvalue weighted by Crippen LogP contribution is -2.40. The minimum atomic E-state index is -4.05. The molecule has 8 heteroatoms. The molecule has 18 heavy (non-hydrogen) atoms. The van der Waals surface area contributed by atoms with Crippen molar-refractivity contribution in [2.24, 2.45) is 0 Å². The van der Waals surface area contributed by atoms with Crippen LogP contribution in [0.15, 0.2) is 17.0 Å². The van der Waals surface area contributed by atoms with Gasteiger partial charge in [0.05, 0.1) is 24.2 Å². The molecule has 0 fully saturated rings. The summed E-state index contributed by atoms with van der Waals surface area (Å²) in [7, 11) is -4.05. The van der Waals surface area contributed by atoms with Crippen molar-refractivity contribution >= 4 is 15.7 Å². The standard InChI is InChI=1S/C10H15FN2O4S/c1-6-9(11)2-7(12)3-10(6)18(16,17)13-8(4-14)5-15/h2-3,8,13-15H,4-5,12H2,1H3. The molecule has 0 amide bonds. The summed E-state index contributed by atoms with van der Waals surface area (Å²) >= 11 is 0. The van der Waals surface area contributed by atoms with Crippen molar-refractivity contribution < 1.29 is 23.0 Å². The number of halogens is 1. The van der Waals surface area contributed by atoms with Crippen LogP contribution in [-0.4, -0.2) is 37.9 Å². The van der Waals surface area contributed by atoms with Crippen molar-refractivity contribution in [3.05, 3.63) is 23.5 Å². The predicted molar refractivity (Wildman–Crippen MR) is 63.8 cm³/mol. The SMILES string of the molecule is Cc1c(F)cc(N)cc1S(=O)(=O)NC(CO)CO. The lowest BCUT2D eigenvalue weighted by atomic mass is 10.2. The first-order chi connectivity index (χ1) is 8.31. The molecule has 0 radical (unpaired) electrons. The molecule has 5 N–H and O–H groups in total. The van der Waals surface area contributed by atoms with Crippen LogP contribution in [-0.2, 0) is 10.0 Å². The van der Waals surface area contributed by atoms with Gasteiger partial charge in [0.25, 0.3) is 0 Å². The summed E-state index contributed by atoms with van der Waals surface area (Å²) in [5.41, 5.74) is 5.29.